The second-order valence-electron chi connectivity index (χ2n) is 6.66. The second kappa shape index (κ2) is 7.58. The van der Waals surface area contributed by atoms with Crippen molar-refractivity contribution in [2.45, 2.75) is 18.9 Å². The minimum absolute atomic E-state index is 0.0445. The number of rotatable bonds is 5. The predicted octanol–water partition coefficient (Wildman–Crippen LogP) is 1.20. The Morgan fingerprint density at radius 1 is 1.12 bits per heavy atom. The van der Waals surface area contributed by atoms with Crippen molar-refractivity contribution in [2.24, 2.45) is 14.1 Å². The zero-order valence-corrected chi connectivity index (χ0v) is 15.1. The number of anilines is 1. The van der Waals surface area contributed by atoms with Gasteiger partial charge in [0.2, 0.25) is 0 Å². The van der Waals surface area contributed by atoms with Crippen molar-refractivity contribution >= 4 is 5.82 Å². The first-order valence-corrected chi connectivity index (χ1v) is 8.77. The maximum absolute atomic E-state index is 12.3. The van der Waals surface area contributed by atoms with Gasteiger partial charge < -0.3 is 10.2 Å². The van der Waals surface area contributed by atoms with Crippen LogP contribution in [0.5, 0.6) is 0 Å². The Balaban J connectivity index is 2.03. The van der Waals surface area contributed by atoms with Crippen LogP contribution in [0.2, 0.25) is 0 Å². The molecule has 1 aliphatic rings. The largest absolute Gasteiger partial charge is 0.362 e. The van der Waals surface area contributed by atoms with Crippen LogP contribution in [-0.2, 0) is 14.1 Å². The summed E-state index contributed by atoms with van der Waals surface area (Å²) in [6, 6.07) is 11.7. The van der Waals surface area contributed by atoms with Crippen LogP contribution in [0.25, 0.3) is 0 Å². The second-order valence-corrected chi connectivity index (χ2v) is 6.66. The Morgan fingerprint density at radius 3 is 2.38 bits per heavy atom. The van der Waals surface area contributed by atoms with Crippen LogP contribution in [0.1, 0.15) is 30.0 Å². The monoisotopic (exact) mass is 353 g/mol. The topological polar surface area (TPSA) is 83.1 Å². The molecular formula is C19H23N5O2. The first-order valence-electron chi connectivity index (χ1n) is 8.77. The van der Waals surface area contributed by atoms with Gasteiger partial charge in [0.1, 0.15) is 11.9 Å². The normalized spacial score (nSPS) is 15.6. The molecule has 1 atom stereocenters. The van der Waals surface area contributed by atoms with Crippen LogP contribution in [0.4, 0.5) is 5.82 Å². The Morgan fingerprint density at radius 2 is 1.77 bits per heavy atom. The molecule has 1 aromatic heterocycles. The van der Waals surface area contributed by atoms with Gasteiger partial charge in [0.25, 0.3) is 5.56 Å². The number of hydrogen-bond donors (Lipinski definition) is 1. The Hall–Kier alpha value is -2.85. The lowest BCUT2D eigenvalue weighted by molar-refractivity contribution is 0.323. The maximum Gasteiger partial charge on any atom is 0.332 e. The summed E-state index contributed by atoms with van der Waals surface area (Å²) in [7, 11) is 2.96. The zero-order chi connectivity index (χ0) is 18.7. The molecular weight excluding hydrogens is 330 g/mol. The van der Waals surface area contributed by atoms with E-state index in [0.29, 0.717) is 0 Å². The number of nitrogens with zero attached hydrogens (tertiary/aromatic N) is 4. The fraction of sp³-hybridized carbons (Fsp3) is 0.421. The van der Waals surface area contributed by atoms with E-state index in [9.17, 15) is 14.9 Å². The van der Waals surface area contributed by atoms with Gasteiger partial charge in [-0.15, -0.1) is 0 Å². The Labute approximate surface area is 152 Å². The van der Waals surface area contributed by atoms with E-state index in [-0.39, 0.29) is 17.4 Å². The Bertz CT molecular complexity index is 933. The molecule has 26 heavy (non-hydrogen) atoms. The molecule has 1 fully saturated rings. The predicted molar refractivity (Wildman–Crippen MR) is 100 cm³/mol. The lowest BCUT2D eigenvalue weighted by atomic mass is 10.1. The minimum atomic E-state index is -0.578. The van der Waals surface area contributed by atoms with Crippen molar-refractivity contribution in [2.75, 3.05) is 25.0 Å². The molecule has 136 valence electrons. The standard InChI is InChI=1S/C19H23N5O2/c1-22-17(15(12-20)18(25)23(2)19(22)26)21-16(13-24-10-6-7-11-24)14-8-4-3-5-9-14/h3-5,8-9,16,21H,6-7,10-11,13H2,1-2H3. The first-order chi connectivity index (χ1) is 12.5. The first kappa shape index (κ1) is 18.0. The van der Waals surface area contributed by atoms with Crippen molar-refractivity contribution in [1.82, 2.24) is 14.0 Å². The molecule has 0 bridgehead atoms. The van der Waals surface area contributed by atoms with Crippen molar-refractivity contribution in [3.05, 3.63) is 62.3 Å². The highest BCUT2D eigenvalue weighted by molar-refractivity contribution is 5.52. The van der Waals surface area contributed by atoms with Crippen molar-refractivity contribution in [1.29, 1.82) is 5.26 Å². The summed E-state index contributed by atoms with van der Waals surface area (Å²) in [6.45, 7) is 2.81. The van der Waals surface area contributed by atoms with E-state index in [4.69, 9.17) is 0 Å². The van der Waals surface area contributed by atoms with Gasteiger partial charge in [-0.25, -0.2) is 4.79 Å². The molecule has 1 unspecified atom stereocenters. The lowest BCUT2D eigenvalue weighted by Gasteiger charge is -2.27. The van der Waals surface area contributed by atoms with Crippen molar-refractivity contribution in [3.63, 3.8) is 0 Å². The molecule has 3 rings (SSSR count). The third-order valence-corrected chi connectivity index (χ3v) is 4.93. The van der Waals surface area contributed by atoms with Gasteiger partial charge in [-0.1, -0.05) is 30.3 Å². The molecule has 0 spiro atoms. The number of nitrogens with one attached hydrogen (secondary N) is 1. The molecule has 1 saturated heterocycles. The molecule has 7 heteroatoms. The summed E-state index contributed by atoms with van der Waals surface area (Å²) in [5.41, 5.74) is -0.0241. The molecule has 0 amide bonds. The van der Waals surface area contributed by atoms with E-state index in [1.54, 1.807) is 7.05 Å². The summed E-state index contributed by atoms with van der Waals surface area (Å²) < 4.78 is 2.29. The van der Waals surface area contributed by atoms with Gasteiger partial charge in [0.05, 0.1) is 6.04 Å². The van der Waals surface area contributed by atoms with Crippen LogP contribution in [0, 0.1) is 11.3 Å². The highest BCUT2D eigenvalue weighted by Gasteiger charge is 2.23. The van der Waals surface area contributed by atoms with Crippen LogP contribution < -0.4 is 16.6 Å². The summed E-state index contributed by atoms with van der Waals surface area (Å²) >= 11 is 0. The molecule has 2 heterocycles. The number of aromatic nitrogens is 2. The molecule has 7 nitrogen and oxygen atoms in total. The fourth-order valence-corrected chi connectivity index (χ4v) is 3.42. The third-order valence-electron chi connectivity index (χ3n) is 4.93. The van der Waals surface area contributed by atoms with Gasteiger partial charge in [0, 0.05) is 20.6 Å². The van der Waals surface area contributed by atoms with E-state index in [0.717, 1.165) is 29.8 Å². The average Bonchev–Trinajstić information content (AvgIpc) is 3.18. The molecule has 1 N–H and O–H groups in total. The van der Waals surface area contributed by atoms with Gasteiger partial charge in [-0.05, 0) is 31.5 Å². The van der Waals surface area contributed by atoms with Crippen LogP contribution in [0.15, 0.2) is 39.9 Å². The quantitative estimate of drug-likeness (QED) is 0.873. The van der Waals surface area contributed by atoms with Crippen LogP contribution in [0.3, 0.4) is 0 Å². The van der Waals surface area contributed by atoms with Gasteiger partial charge in [-0.3, -0.25) is 13.9 Å². The minimum Gasteiger partial charge on any atom is -0.362 e. The van der Waals surface area contributed by atoms with Gasteiger partial charge >= 0.3 is 5.69 Å². The smallest absolute Gasteiger partial charge is 0.332 e. The molecule has 0 radical (unpaired) electrons. The Kier molecular flexibility index (Phi) is 5.24. The van der Waals surface area contributed by atoms with E-state index in [1.807, 2.05) is 36.4 Å². The summed E-state index contributed by atoms with van der Waals surface area (Å²) in [5.74, 6) is 0.272. The number of nitriles is 1. The summed E-state index contributed by atoms with van der Waals surface area (Å²) in [4.78, 5) is 27.0. The lowest BCUT2D eigenvalue weighted by Crippen LogP contribution is -2.41. The molecule has 1 aliphatic heterocycles. The van der Waals surface area contributed by atoms with Crippen molar-refractivity contribution < 1.29 is 0 Å². The third kappa shape index (κ3) is 3.41. The number of hydrogen-bond acceptors (Lipinski definition) is 5. The SMILES string of the molecule is Cn1c(NC(CN2CCCC2)c2ccccc2)c(C#N)c(=O)n(C)c1=O. The zero-order valence-electron chi connectivity index (χ0n) is 15.1. The van der Waals surface area contributed by atoms with Crippen LogP contribution in [-0.4, -0.2) is 33.7 Å². The van der Waals surface area contributed by atoms with E-state index < -0.39 is 11.2 Å². The average molecular weight is 353 g/mol. The van der Waals surface area contributed by atoms with E-state index in [2.05, 4.69) is 10.2 Å². The highest BCUT2D eigenvalue weighted by atomic mass is 16.2. The summed E-state index contributed by atoms with van der Waals surface area (Å²) in [6.07, 6.45) is 2.35. The van der Waals surface area contributed by atoms with Crippen LogP contribution >= 0.6 is 0 Å². The maximum atomic E-state index is 12.3. The molecule has 0 saturated carbocycles. The number of likely N-dealkylation sites (tertiary alicyclic amines) is 1. The number of benzene rings is 1. The fourth-order valence-electron chi connectivity index (χ4n) is 3.42. The summed E-state index contributed by atoms with van der Waals surface area (Å²) in [5, 5.41) is 12.8. The molecule has 0 aliphatic carbocycles. The van der Waals surface area contributed by atoms with Gasteiger partial charge in [-0.2, -0.15) is 5.26 Å². The van der Waals surface area contributed by atoms with E-state index >= 15 is 0 Å². The van der Waals surface area contributed by atoms with Gasteiger partial charge in [0.15, 0.2) is 5.56 Å². The molecule has 1 aromatic carbocycles. The van der Waals surface area contributed by atoms with E-state index in [1.165, 1.54) is 24.5 Å². The molecule has 2 aromatic rings. The van der Waals surface area contributed by atoms with Crippen molar-refractivity contribution in [3.8, 4) is 6.07 Å². The highest BCUT2D eigenvalue weighted by Crippen LogP contribution is 2.23.